The molecule has 6 rings (SSSR count). The fourth-order valence-corrected chi connectivity index (χ4v) is 8.88. The molecule has 0 saturated carbocycles. The average Bonchev–Trinajstić information content (AvgIpc) is 3.82. The number of nitrogen functional groups attached to an aromatic ring is 2. The Hall–Kier alpha value is -4.19. The molecule has 9 N–H and O–H groups in total. The number of likely N-dealkylation sites (tertiary alicyclic amines) is 1. The molecule has 0 bridgehead atoms. The number of nitrogens with zero attached hydrogens (tertiary/aromatic N) is 7. The van der Waals surface area contributed by atoms with E-state index in [2.05, 4.69) is 31.0 Å². The van der Waals surface area contributed by atoms with Crippen molar-refractivity contribution in [2.24, 2.45) is 0 Å². The van der Waals surface area contributed by atoms with Gasteiger partial charge in [-0.2, -0.15) is 4.98 Å². The third-order valence-corrected chi connectivity index (χ3v) is 11.9. The summed E-state index contributed by atoms with van der Waals surface area (Å²) in [7, 11) is -10.4. The third kappa shape index (κ3) is 8.70. The highest BCUT2D eigenvalue weighted by atomic mass is 31.2. The number of ether oxygens (including phenoxy) is 3. The molecule has 0 radical (unpaired) electrons. The van der Waals surface area contributed by atoms with Crippen LogP contribution in [0.4, 0.5) is 11.6 Å². The second kappa shape index (κ2) is 16.7. The Morgan fingerprint density at radius 3 is 2.43 bits per heavy atom. The molecule has 0 spiro atoms. The van der Waals surface area contributed by atoms with Crippen LogP contribution >= 0.6 is 15.4 Å². The number of nitrogens with two attached hydrogens (primary N) is 2. The largest absolute Gasteiger partial charge is 0.469 e. The Bertz CT molecular complexity index is 2100. The van der Waals surface area contributed by atoms with Gasteiger partial charge in [-0.3, -0.25) is 23.0 Å². The molecule has 3 aromatic heterocycles. The fraction of sp³-hybridized carbons (Fsp3) is 0.567. The van der Waals surface area contributed by atoms with Crippen LogP contribution in [0.3, 0.4) is 0 Å². The average molecular weight is 830 g/mol. The number of esters is 1. The summed E-state index contributed by atoms with van der Waals surface area (Å²) < 4.78 is 55.1. The number of phosphoric acid groups is 1. The van der Waals surface area contributed by atoms with Crippen molar-refractivity contribution in [2.45, 2.75) is 86.8 Å². The molecule has 306 valence electrons. The van der Waals surface area contributed by atoms with Gasteiger partial charge in [-0.25, -0.2) is 29.1 Å². The predicted molar refractivity (Wildman–Crippen MR) is 189 cm³/mol. The zero-order valence-electron chi connectivity index (χ0n) is 29.4. The number of amides is 1. The number of rotatable bonds is 14. The summed E-state index contributed by atoms with van der Waals surface area (Å²) in [4.78, 5) is 86.5. The van der Waals surface area contributed by atoms with Crippen LogP contribution in [0.15, 0.2) is 42.4 Å². The van der Waals surface area contributed by atoms with Crippen LogP contribution in [0.1, 0.15) is 44.6 Å². The van der Waals surface area contributed by atoms with E-state index in [0.29, 0.717) is 19.3 Å². The van der Waals surface area contributed by atoms with E-state index >= 15 is 0 Å². The molecule has 3 aliphatic heterocycles. The van der Waals surface area contributed by atoms with Crippen molar-refractivity contribution >= 4 is 50.1 Å². The molecule has 6 heterocycles. The Labute approximate surface area is 316 Å². The Morgan fingerprint density at radius 1 is 1.00 bits per heavy atom. The van der Waals surface area contributed by atoms with Gasteiger partial charge in [-0.15, -0.1) is 6.58 Å². The number of piperidine rings is 1. The first-order valence-corrected chi connectivity index (χ1v) is 20.4. The maximum Gasteiger partial charge on any atom is 0.469 e. The predicted octanol–water partition coefficient (Wildman–Crippen LogP) is -1.30. The number of hydrogen-bond acceptors (Lipinski definition) is 18. The van der Waals surface area contributed by atoms with Crippen molar-refractivity contribution in [3.8, 4) is 0 Å². The van der Waals surface area contributed by atoms with Crippen LogP contribution in [-0.2, 0) is 42.0 Å². The van der Waals surface area contributed by atoms with Crippen molar-refractivity contribution < 1.29 is 66.9 Å². The standard InChI is InChI=1S/C30H41N9O15P2/c1-2-3-7-19(40)37-9-5-4-6-15(37)29(43)54-23-16(52-27(21(23)41)39-14-35-20-25(32)33-13-34-26(20)39)11-50-55(45,46)24-17(12-51-56(47,48)49)53-28(22(24)42)38-10-8-18(31)36-30(38)44/h2,8,10,13-17,21-24,27-28,41-42H,1,3-7,9,11-12H2,(H,45,46)(H2,31,36,44)(H2,32,33,34)(H2,47,48,49)/t15-,16+,17+,21+,22+,23+,24+,27+,28+/m0/s1. The summed E-state index contributed by atoms with van der Waals surface area (Å²) in [6.45, 7) is 1.96. The lowest BCUT2D eigenvalue weighted by Crippen LogP contribution is -2.51. The van der Waals surface area contributed by atoms with Crippen molar-refractivity contribution in [1.82, 2.24) is 34.0 Å². The highest BCUT2D eigenvalue weighted by molar-refractivity contribution is 7.53. The molecule has 10 atom stereocenters. The zero-order chi connectivity index (χ0) is 40.5. The maximum absolute atomic E-state index is 14.0. The molecule has 0 aliphatic carbocycles. The second-order valence-corrected chi connectivity index (χ2v) is 16.4. The third-order valence-electron chi connectivity index (χ3n) is 9.55. The number of anilines is 2. The van der Waals surface area contributed by atoms with E-state index in [1.807, 2.05) is 0 Å². The second-order valence-electron chi connectivity index (χ2n) is 13.2. The number of phosphoric ester groups is 1. The Morgan fingerprint density at radius 2 is 1.71 bits per heavy atom. The number of carbonyl (C=O) groups is 2. The summed E-state index contributed by atoms with van der Waals surface area (Å²) in [5.41, 5.74) is 8.70. The van der Waals surface area contributed by atoms with E-state index in [1.165, 1.54) is 21.9 Å². The summed E-state index contributed by atoms with van der Waals surface area (Å²) >= 11 is 0. The highest BCUT2D eigenvalue weighted by Gasteiger charge is 2.56. The van der Waals surface area contributed by atoms with Gasteiger partial charge in [-0.05, 0) is 31.7 Å². The first kappa shape index (κ1) is 41.4. The molecular weight excluding hydrogens is 788 g/mol. The number of fused-ring (bicyclic) bond motifs is 1. The molecule has 56 heavy (non-hydrogen) atoms. The number of imidazole rings is 1. The molecule has 3 aromatic rings. The van der Waals surface area contributed by atoms with Crippen LogP contribution < -0.4 is 17.2 Å². The van der Waals surface area contributed by atoms with Gasteiger partial charge in [0.2, 0.25) is 5.91 Å². The quantitative estimate of drug-likeness (QED) is 0.0564. The van der Waals surface area contributed by atoms with E-state index in [4.69, 9.17) is 30.2 Å². The first-order valence-electron chi connectivity index (χ1n) is 17.2. The van der Waals surface area contributed by atoms with E-state index in [-0.39, 0.29) is 48.1 Å². The molecule has 3 fully saturated rings. The minimum atomic E-state index is -5.22. The lowest BCUT2D eigenvalue weighted by atomic mass is 10.0. The van der Waals surface area contributed by atoms with E-state index in [9.17, 15) is 48.4 Å². The van der Waals surface area contributed by atoms with Gasteiger partial charge in [0.15, 0.2) is 30.0 Å². The van der Waals surface area contributed by atoms with Gasteiger partial charge < -0.3 is 60.0 Å². The highest BCUT2D eigenvalue weighted by Crippen LogP contribution is 2.56. The normalized spacial score (nSPS) is 29.3. The SMILES string of the molecule is C=CCCC(=O)N1CCCC[C@H]1C(=O)O[C@H]1[C@@H](O)[C@H](n2cnc3c(N)ncnc32)O[C@@H]1COP(=O)(O)[C@H]1[C@@H](O)[C@H](n2ccc(N)nc2=O)O[C@@H]1COP(=O)(O)O. The van der Waals surface area contributed by atoms with Crippen molar-refractivity contribution in [3.05, 3.63) is 48.1 Å². The van der Waals surface area contributed by atoms with Crippen LogP contribution in [0, 0.1) is 0 Å². The fourth-order valence-electron chi connectivity index (χ4n) is 6.90. The molecule has 1 unspecified atom stereocenters. The Kier molecular flexibility index (Phi) is 12.4. The van der Waals surface area contributed by atoms with E-state index in [1.54, 1.807) is 6.08 Å². The van der Waals surface area contributed by atoms with Crippen LogP contribution in [0.25, 0.3) is 11.2 Å². The maximum atomic E-state index is 14.0. The zero-order valence-corrected chi connectivity index (χ0v) is 31.2. The van der Waals surface area contributed by atoms with Gasteiger partial charge in [0.1, 0.15) is 53.8 Å². The minimum absolute atomic E-state index is 0.00812. The molecule has 3 aliphatic rings. The van der Waals surface area contributed by atoms with Gasteiger partial charge in [0.05, 0.1) is 19.5 Å². The number of aromatic nitrogens is 6. The minimum Gasteiger partial charge on any atom is -0.455 e. The monoisotopic (exact) mass is 829 g/mol. The van der Waals surface area contributed by atoms with Crippen LogP contribution in [0.5, 0.6) is 0 Å². The Balaban J connectivity index is 1.28. The van der Waals surface area contributed by atoms with Crippen LogP contribution in [0.2, 0.25) is 0 Å². The number of hydrogen-bond donors (Lipinski definition) is 7. The summed E-state index contributed by atoms with van der Waals surface area (Å²) in [5.74, 6) is -1.37. The van der Waals surface area contributed by atoms with E-state index < -0.39 is 95.0 Å². The van der Waals surface area contributed by atoms with Crippen LogP contribution in [-0.4, -0.2) is 133 Å². The molecular formula is C30H41N9O15P2. The summed E-state index contributed by atoms with van der Waals surface area (Å²) in [5, 5.41) is 22.9. The number of aliphatic hydroxyl groups is 2. The van der Waals surface area contributed by atoms with Crippen molar-refractivity contribution in [3.63, 3.8) is 0 Å². The van der Waals surface area contributed by atoms with Gasteiger partial charge in [0.25, 0.3) is 0 Å². The lowest BCUT2D eigenvalue weighted by molar-refractivity contribution is -0.167. The van der Waals surface area contributed by atoms with Crippen molar-refractivity contribution in [2.75, 3.05) is 31.2 Å². The van der Waals surface area contributed by atoms with Crippen molar-refractivity contribution in [1.29, 1.82) is 0 Å². The van der Waals surface area contributed by atoms with Gasteiger partial charge in [0, 0.05) is 19.2 Å². The number of aliphatic hydroxyl groups excluding tert-OH is 2. The molecule has 24 nitrogen and oxygen atoms in total. The lowest BCUT2D eigenvalue weighted by Gasteiger charge is -2.35. The number of carbonyl (C=O) groups excluding carboxylic acids is 2. The van der Waals surface area contributed by atoms with Gasteiger partial charge >= 0.3 is 27.1 Å². The topological polar surface area (TPSA) is 349 Å². The molecule has 3 saturated heterocycles. The number of allylic oxidation sites excluding steroid dienone is 1. The molecule has 0 aromatic carbocycles. The van der Waals surface area contributed by atoms with Gasteiger partial charge in [-0.1, -0.05) is 6.08 Å². The first-order chi connectivity index (χ1) is 26.5. The molecule has 1 amide bonds. The molecule has 26 heteroatoms. The summed E-state index contributed by atoms with van der Waals surface area (Å²) in [6.07, 6.45) is -4.78. The smallest absolute Gasteiger partial charge is 0.455 e. The summed E-state index contributed by atoms with van der Waals surface area (Å²) in [6, 6.07) is 0.151. The van der Waals surface area contributed by atoms with E-state index in [0.717, 1.165) is 17.1 Å².